The molecule has 0 bridgehead atoms. The molecule has 6 heteroatoms. The molecule has 6 nitrogen and oxygen atoms in total. The summed E-state index contributed by atoms with van der Waals surface area (Å²) in [5, 5.41) is 13.4. The Balaban J connectivity index is 1.48. The van der Waals surface area contributed by atoms with E-state index in [4.69, 9.17) is 9.47 Å². The molecule has 158 valence electrons. The van der Waals surface area contributed by atoms with Crippen LogP contribution < -0.4 is 14.8 Å². The van der Waals surface area contributed by atoms with E-state index in [1.165, 1.54) is 0 Å². The van der Waals surface area contributed by atoms with Gasteiger partial charge in [0.25, 0.3) is 5.91 Å². The third-order valence-corrected chi connectivity index (χ3v) is 5.27. The lowest BCUT2D eigenvalue weighted by atomic mass is 10.1. The van der Waals surface area contributed by atoms with Gasteiger partial charge in [-0.1, -0.05) is 30.3 Å². The summed E-state index contributed by atoms with van der Waals surface area (Å²) in [6, 6.07) is 17.9. The quantitative estimate of drug-likeness (QED) is 0.321. The predicted molar refractivity (Wildman–Crippen MR) is 120 cm³/mol. The zero-order chi connectivity index (χ0) is 21.6. The fourth-order valence-corrected chi connectivity index (χ4v) is 3.53. The molecule has 0 atom stereocenters. The zero-order valence-electron chi connectivity index (χ0n) is 17.5. The minimum atomic E-state index is -0.299. The van der Waals surface area contributed by atoms with Gasteiger partial charge in [0.05, 0.1) is 13.7 Å². The fourth-order valence-electron chi connectivity index (χ4n) is 3.53. The second-order valence-corrected chi connectivity index (χ2v) is 7.57. The Bertz CT molecular complexity index is 1150. The molecule has 0 spiro atoms. The summed E-state index contributed by atoms with van der Waals surface area (Å²) in [6.07, 6.45) is 6.45. The van der Waals surface area contributed by atoms with Crippen molar-refractivity contribution in [2.45, 2.75) is 31.8 Å². The molecule has 2 aromatic carbocycles. The SMILES string of the molecule is COc1ccccc1OCCCn1cc(/C=C(\C#N)C(=O)NC2CC2)c2ccccc21. The monoisotopic (exact) mass is 415 g/mol. The highest BCUT2D eigenvalue weighted by Crippen LogP contribution is 2.27. The van der Waals surface area contributed by atoms with Crippen molar-refractivity contribution in [3.05, 3.63) is 65.9 Å². The number of para-hydroxylation sites is 3. The number of benzene rings is 2. The number of fused-ring (bicyclic) bond motifs is 1. The van der Waals surface area contributed by atoms with Crippen LogP contribution in [-0.4, -0.2) is 30.2 Å². The maximum atomic E-state index is 12.3. The number of nitrogens with zero attached hydrogens (tertiary/aromatic N) is 2. The van der Waals surface area contributed by atoms with Crippen LogP contribution in [0.1, 0.15) is 24.8 Å². The third-order valence-electron chi connectivity index (χ3n) is 5.27. The number of nitriles is 1. The van der Waals surface area contributed by atoms with Gasteiger partial charge in [-0.3, -0.25) is 4.79 Å². The lowest BCUT2D eigenvalue weighted by molar-refractivity contribution is -0.117. The summed E-state index contributed by atoms with van der Waals surface area (Å²) < 4.78 is 13.3. The maximum absolute atomic E-state index is 12.3. The number of hydrogen-bond acceptors (Lipinski definition) is 4. The van der Waals surface area contributed by atoms with Gasteiger partial charge < -0.3 is 19.4 Å². The van der Waals surface area contributed by atoms with E-state index in [1.54, 1.807) is 13.2 Å². The lowest BCUT2D eigenvalue weighted by Gasteiger charge is -2.11. The Kier molecular flexibility index (Phi) is 6.23. The van der Waals surface area contributed by atoms with Crippen molar-refractivity contribution in [1.82, 2.24) is 9.88 Å². The largest absolute Gasteiger partial charge is 0.493 e. The Labute approximate surface area is 181 Å². The molecule has 1 fully saturated rings. The number of carbonyl (C=O) groups is 1. The van der Waals surface area contributed by atoms with Crippen molar-refractivity contribution in [2.75, 3.05) is 13.7 Å². The summed E-state index contributed by atoms with van der Waals surface area (Å²) in [5.74, 6) is 1.15. The Morgan fingerprint density at radius 2 is 1.94 bits per heavy atom. The molecule has 4 rings (SSSR count). The number of rotatable bonds is 9. The van der Waals surface area contributed by atoms with Gasteiger partial charge in [0.1, 0.15) is 11.6 Å². The second-order valence-electron chi connectivity index (χ2n) is 7.57. The minimum Gasteiger partial charge on any atom is -0.493 e. The first kappa shape index (κ1) is 20.5. The molecule has 0 saturated heterocycles. The van der Waals surface area contributed by atoms with Crippen molar-refractivity contribution in [1.29, 1.82) is 5.26 Å². The average molecular weight is 415 g/mol. The molecule has 1 aliphatic carbocycles. The van der Waals surface area contributed by atoms with Crippen LogP contribution in [0.3, 0.4) is 0 Å². The number of nitrogens with one attached hydrogen (secondary N) is 1. The van der Waals surface area contributed by atoms with Crippen molar-refractivity contribution in [3.63, 3.8) is 0 Å². The molecule has 1 heterocycles. The predicted octanol–water partition coefficient (Wildman–Crippen LogP) is 4.30. The standard InChI is InChI=1S/C25H25N3O3/c1-30-23-9-4-5-10-24(23)31-14-6-13-28-17-19(21-7-2-3-8-22(21)28)15-18(16-26)25(29)27-20-11-12-20/h2-5,7-10,15,17,20H,6,11-14H2,1H3,(H,27,29)/b18-15+. The number of aromatic nitrogens is 1. The van der Waals surface area contributed by atoms with Gasteiger partial charge in [0, 0.05) is 35.2 Å². The molecular weight excluding hydrogens is 390 g/mol. The normalized spacial score (nSPS) is 13.6. The van der Waals surface area contributed by atoms with E-state index in [0.29, 0.717) is 6.61 Å². The number of ether oxygens (including phenoxy) is 2. The van der Waals surface area contributed by atoms with E-state index in [0.717, 1.165) is 53.8 Å². The molecule has 1 aromatic heterocycles. The van der Waals surface area contributed by atoms with Gasteiger partial charge in [-0.05, 0) is 43.5 Å². The molecule has 0 unspecified atom stereocenters. The number of aryl methyl sites for hydroxylation is 1. The first-order valence-corrected chi connectivity index (χ1v) is 10.5. The number of methoxy groups -OCH3 is 1. The van der Waals surface area contributed by atoms with E-state index in [-0.39, 0.29) is 17.5 Å². The maximum Gasteiger partial charge on any atom is 0.262 e. The van der Waals surface area contributed by atoms with Gasteiger partial charge in [0.2, 0.25) is 0 Å². The van der Waals surface area contributed by atoms with Crippen LogP contribution in [0.4, 0.5) is 0 Å². The summed E-state index contributed by atoms with van der Waals surface area (Å²) in [6.45, 7) is 1.30. The van der Waals surface area contributed by atoms with E-state index >= 15 is 0 Å². The zero-order valence-corrected chi connectivity index (χ0v) is 17.5. The van der Waals surface area contributed by atoms with Crippen LogP contribution in [0.5, 0.6) is 11.5 Å². The van der Waals surface area contributed by atoms with Crippen LogP contribution in [0.25, 0.3) is 17.0 Å². The van der Waals surface area contributed by atoms with Crippen LogP contribution in [0.2, 0.25) is 0 Å². The van der Waals surface area contributed by atoms with Crippen molar-refractivity contribution >= 4 is 22.9 Å². The fraction of sp³-hybridized carbons (Fsp3) is 0.280. The minimum absolute atomic E-state index is 0.134. The molecule has 1 N–H and O–H groups in total. The van der Waals surface area contributed by atoms with Crippen LogP contribution in [-0.2, 0) is 11.3 Å². The van der Waals surface area contributed by atoms with Crippen LogP contribution in [0.15, 0.2) is 60.3 Å². The highest BCUT2D eigenvalue weighted by atomic mass is 16.5. The molecular formula is C25H25N3O3. The Hall–Kier alpha value is -3.72. The molecule has 0 aliphatic heterocycles. The van der Waals surface area contributed by atoms with Gasteiger partial charge in [0.15, 0.2) is 11.5 Å². The van der Waals surface area contributed by atoms with Gasteiger partial charge in [-0.2, -0.15) is 5.26 Å². The Morgan fingerprint density at radius 3 is 2.68 bits per heavy atom. The first-order chi connectivity index (χ1) is 15.2. The molecule has 1 saturated carbocycles. The van der Waals surface area contributed by atoms with Crippen LogP contribution in [0, 0.1) is 11.3 Å². The van der Waals surface area contributed by atoms with E-state index in [9.17, 15) is 10.1 Å². The van der Waals surface area contributed by atoms with Crippen molar-refractivity contribution < 1.29 is 14.3 Å². The first-order valence-electron chi connectivity index (χ1n) is 10.5. The Morgan fingerprint density at radius 1 is 1.19 bits per heavy atom. The van der Waals surface area contributed by atoms with E-state index in [1.807, 2.05) is 60.8 Å². The topological polar surface area (TPSA) is 76.3 Å². The number of amides is 1. The summed E-state index contributed by atoms with van der Waals surface area (Å²) in [5.41, 5.74) is 2.06. The van der Waals surface area contributed by atoms with Crippen molar-refractivity contribution in [3.8, 4) is 17.6 Å². The molecule has 1 amide bonds. The lowest BCUT2D eigenvalue weighted by Crippen LogP contribution is -2.26. The average Bonchev–Trinajstić information content (AvgIpc) is 3.55. The van der Waals surface area contributed by atoms with Gasteiger partial charge in [-0.15, -0.1) is 0 Å². The van der Waals surface area contributed by atoms with E-state index in [2.05, 4.69) is 9.88 Å². The van der Waals surface area contributed by atoms with Gasteiger partial charge >= 0.3 is 0 Å². The molecule has 1 aliphatic rings. The summed E-state index contributed by atoms with van der Waals surface area (Å²) >= 11 is 0. The van der Waals surface area contributed by atoms with E-state index < -0.39 is 0 Å². The highest BCUT2D eigenvalue weighted by Gasteiger charge is 2.25. The van der Waals surface area contributed by atoms with Gasteiger partial charge in [-0.25, -0.2) is 0 Å². The molecule has 31 heavy (non-hydrogen) atoms. The molecule has 3 aromatic rings. The van der Waals surface area contributed by atoms with Crippen molar-refractivity contribution in [2.24, 2.45) is 0 Å². The van der Waals surface area contributed by atoms with Crippen LogP contribution >= 0.6 is 0 Å². The highest BCUT2D eigenvalue weighted by molar-refractivity contribution is 6.04. The third kappa shape index (κ3) is 4.89. The smallest absolute Gasteiger partial charge is 0.262 e. The number of hydrogen-bond donors (Lipinski definition) is 1. The second kappa shape index (κ2) is 9.40. The summed E-state index contributed by atoms with van der Waals surface area (Å²) in [4.78, 5) is 12.3. The number of carbonyl (C=O) groups excluding carboxylic acids is 1. The summed E-state index contributed by atoms with van der Waals surface area (Å²) in [7, 11) is 1.63. The molecule has 0 radical (unpaired) electrons.